The first-order chi connectivity index (χ1) is 9.46. The molecule has 0 aliphatic rings. The van der Waals surface area contributed by atoms with E-state index in [1.54, 1.807) is 13.0 Å². The Labute approximate surface area is 116 Å². The molecule has 0 aliphatic heterocycles. The first-order valence-electron chi connectivity index (χ1n) is 6.16. The Morgan fingerprint density at radius 2 is 2.15 bits per heavy atom. The Kier molecular flexibility index (Phi) is 5.70. The summed E-state index contributed by atoms with van der Waals surface area (Å²) in [5.41, 5.74) is 0.621. The molecule has 1 rings (SSSR count). The number of carboxylic acid groups (broad SMARTS) is 1. The van der Waals surface area contributed by atoms with Gasteiger partial charge in [-0.3, -0.25) is 5.32 Å². The zero-order chi connectivity index (χ0) is 15.1. The van der Waals surface area contributed by atoms with Gasteiger partial charge in [0.15, 0.2) is 0 Å². The van der Waals surface area contributed by atoms with Crippen molar-refractivity contribution in [1.82, 2.24) is 15.3 Å². The van der Waals surface area contributed by atoms with E-state index in [0.29, 0.717) is 24.4 Å². The van der Waals surface area contributed by atoms with Crippen molar-refractivity contribution in [2.75, 3.05) is 12.4 Å². The fraction of sp³-hybridized carbons (Fsp3) is 0.500. The van der Waals surface area contributed by atoms with Crippen LogP contribution >= 0.6 is 0 Å². The smallest absolute Gasteiger partial charge is 0.326 e. The summed E-state index contributed by atoms with van der Waals surface area (Å²) in [5.74, 6) is -0.708. The molecule has 0 unspecified atom stereocenters. The van der Waals surface area contributed by atoms with Gasteiger partial charge in [-0.1, -0.05) is 13.3 Å². The van der Waals surface area contributed by atoms with Gasteiger partial charge in [-0.25, -0.2) is 14.6 Å². The SMILES string of the molecule is CCC[C@H](NC(=O)Nc1nc(C)cc(OC)n1)C(=O)O. The summed E-state index contributed by atoms with van der Waals surface area (Å²) >= 11 is 0. The average Bonchev–Trinajstić information content (AvgIpc) is 2.37. The molecule has 1 aromatic heterocycles. The monoisotopic (exact) mass is 282 g/mol. The van der Waals surface area contributed by atoms with Crippen LogP contribution in [0.3, 0.4) is 0 Å². The minimum Gasteiger partial charge on any atom is -0.481 e. The van der Waals surface area contributed by atoms with E-state index in [0.717, 1.165) is 0 Å². The minimum atomic E-state index is -1.08. The van der Waals surface area contributed by atoms with E-state index in [4.69, 9.17) is 9.84 Å². The number of amides is 2. The average molecular weight is 282 g/mol. The lowest BCUT2D eigenvalue weighted by Crippen LogP contribution is -2.43. The van der Waals surface area contributed by atoms with Gasteiger partial charge in [-0.15, -0.1) is 0 Å². The number of ether oxygens (including phenoxy) is 1. The fourth-order valence-electron chi connectivity index (χ4n) is 1.54. The Balaban J connectivity index is 2.70. The van der Waals surface area contributed by atoms with Crippen LogP contribution in [0.5, 0.6) is 5.88 Å². The molecule has 0 spiro atoms. The van der Waals surface area contributed by atoms with Crippen molar-refractivity contribution in [2.45, 2.75) is 32.7 Å². The molecule has 1 heterocycles. The molecular formula is C12H18N4O4. The molecule has 0 saturated heterocycles. The van der Waals surface area contributed by atoms with E-state index in [-0.39, 0.29) is 5.95 Å². The second-order valence-electron chi connectivity index (χ2n) is 4.15. The number of aryl methyl sites for hydroxylation is 1. The van der Waals surface area contributed by atoms with Crippen LogP contribution in [-0.2, 0) is 4.79 Å². The molecule has 0 aromatic carbocycles. The number of rotatable bonds is 6. The summed E-state index contributed by atoms with van der Waals surface area (Å²) in [6, 6.07) is 0.00504. The molecule has 8 nitrogen and oxygen atoms in total. The Morgan fingerprint density at radius 1 is 1.45 bits per heavy atom. The second kappa shape index (κ2) is 7.27. The maximum atomic E-state index is 11.7. The van der Waals surface area contributed by atoms with Gasteiger partial charge in [0, 0.05) is 11.8 Å². The standard InChI is InChI=1S/C12H18N4O4/c1-4-5-8(10(17)18)14-12(19)16-11-13-7(2)6-9(15-11)20-3/h6,8H,4-5H2,1-3H3,(H,17,18)(H2,13,14,15,16,19)/t8-/m0/s1. The number of nitrogens with zero attached hydrogens (tertiary/aromatic N) is 2. The fourth-order valence-corrected chi connectivity index (χ4v) is 1.54. The maximum Gasteiger partial charge on any atom is 0.326 e. The van der Waals surface area contributed by atoms with Gasteiger partial charge in [0.25, 0.3) is 0 Å². The van der Waals surface area contributed by atoms with Crippen LogP contribution in [-0.4, -0.2) is 40.2 Å². The molecule has 110 valence electrons. The number of hydrogen-bond donors (Lipinski definition) is 3. The van der Waals surface area contributed by atoms with E-state index in [2.05, 4.69) is 20.6 Å². The summed E-state index contributed by atoms with van der Waals surface area (Å²) in [4.78, 5) is 30.6. The number of methoxy groups -OCH3 is 1. The highest BCUT2D eigenvalue weighted by Gasteiger charge is 2.19. The Morgan fingerprint density at radius 3 is 2.70 bits per heavy atom. The van der Waals surface area contributed by atoms with Crippen molar-refractivity contribution in [3.8, 4) is 5.88 Å². The topological polar surface area (TPSA) is 113 Å². The highest BCUT2D eigenvalue weighted by atomic mass is 16.5. The highest BCUT2D eigenvalue weighted by molar-refractivity contribution is 5.90. The van der Waals surface area contributed by atoms with Crippen molar-refractivity contribution in [2.24, 2.45) is 0 Å². The molecule has 0 fully saturated rings. The normalized spacial score (nSPS) is 11.6. The van der Waals surface area contributed by atoms with E-state index in [1.807, 2.05) is 6.92 Å². The van der Waals surface area contributed by atoms with Gasteiger partial charge in [-0.2, -0.15) is 4.98 Å². The molecule has 0 radical (unpaired) electrons. The summed E-state index contributed by atoms with van der Waals surface area (Å²) in [6.45, 7) is 3.56. The van der Waals surface area contributed by atoms with Gasteiger partial charge >= 0.3 is 12.0 Å². The van der Waals surface area contributed by atoms with E-state index >= 15 is 0 Å². The van der Waals surface area contributed by atoms with Crippen LogP contribution in [0.1, 0.15) is 25.5 Å². The van der Waals surface area contributed by atoms with E-state index in [9.17, 15) is 9.59 Å². The molecule has 20 heavy (non-hydrogen) atoms. The van der Waals surface area contributed by atoms with Crippen LogP contribution in [0.15, 0.2) is 6.07 Å². The third-order valence-corrected chi connectivity index (χ3v) is 2.45. The maximum absolute atomic E-state index is 11.7. The van der Waals surface area contributed by atoms with Crippen molar-refractivity contribution < 1.29 is 19.4 Å². The molecule has 0 bridgehead atoms. The minimum absolute atomic E-state index is 0.0555. The van der Waals surface area contributed by atoms with Crippen molar-refractivity contribution in [3.63, 3.8) is 0 Å². The van der Waals surface area contributed by atoms with Crippen LogP contribution in [0.25, 0.3) is 0 Å². The number of carbonyl (C=O) groups is 2. The molecule has 1 atom stereocenters. The summed E-state index contributed by atoms with van der Waals surface area (Å²) in [7, 11) is 1.45. The largest absolute Gasteiger partial charge is 0.481 e. The van der Waals surface area contributed by atoms with Crippen LogP contribution in [0, 0.1) is 6.92 Å². The van der Waals surface area contributed by atoms with Gasteiger partial charge in [0.2, 0.25) is 11.8 Å². The zero-order valence-corrected chi connectivity index (χ0v) is 11.6. The lowest BCUT2D eigenvalue weighted by atomic mass is 10.2. The molecule has 0 aliphatic carbocycles. The molecule has 2 amide bonds. The molecule has 3 N–H and O–H groups in total. The number of anilines is 1. The number of hydrogen-bond acceptors (Lipinski definition) is 5. The molecular weight excluding hydrogens is 264 g/mol. The highest BCUT2D eigenvalue weighted by Crippen LogP contribution is 2.11. The lowest BCUT2D eigenvalue weighted by molar-refractivity contribution is -0.139. The van der Waals surface area contributed by atoms with Gasteiger partial charge in [0.1, 0.15) is 6.04 Å². The van der Waals surface area contributed by atoms with E-state index < -0.39 is 18.0 Å². The first kappa shape index (κ1) is 15.7. The predicted octanol–water partition coefficient (Wildman–Crippen LogP) is 1.17. The first-order valence-corrected chi connectivity index (χ1v) is 6.16. The zero-order valence-electron chi connectivity index (χ0n) is 11.6. The number of carbonyl (C=O) groups excluding carboxylic acids is 1. The second-order valence-corrected chi connectivity index (χ2v) is 4.15. The van der Waals surface area contributed by atoms with Crippen LogP contribution in [0.2, 0.25) is 0 Å². The van der Waals surface area contributed by atoms with Crippen LogP contribution in [0.4, 0.5) is 10.7 Å². The van der Waals surface area contributed by atoms with Gasteiger partial charge in [0.05, 0.1) is 7.11 Å². The summed E-state index contributed by atoms with van der Waals surface area (Å²) in [6.07, 6.45) is 0.993. The van der Waals surface area contributed by atoms with Gasteiger partial charge < -0.3 is 15.2 Å². The van der Waals surface area contributed by atoms with E-state index in [1.165, 1.54) is 7.11 Å². The summed E-state index contributed by atoms with van der Waals surface area (Å²) < 4.78 is 4.96. The number of aliphatic carboxylic acids is 1. The van der Waals surface area contributed by atoms with Crippen molar-refractivity contribution in [1.29, 1.82) is 0 Å². The predicted molar refractivity (Wildman–Crippen MR) is 71.8 cm³/mol. The number of aromatic nitrogens is 2. The van der Waals surface area contributed by atoms with Crippen LogP contribution < -0.4 is 15.4 Å². The molecule has 0 saturated carbocycles. The Hall–Kier alpha value is -2.38. The molecule has 1 aromatic rings. The van der Waals surface area contributed by atoms with Gasteiger partial charge in [-0.05, 0) is 13.3 Å². The summed E-state index contributed by atoms with van der Waals surface area (Å²) in [5, 5.41) is 13.7. The third-order valence-electron chi connectivity index (χ3n) is 2.45. The number of urea groups is 1. The van der Waals surface area contributed by atoms with Crippen molar-refractivity contribution >= 4 is 17.9 Å². The number of nitrogens with one attached hydrogen (secondary N) is 2. The molecule has 8 heteroatoms. The quantitative estimate of drug-likeness (QED) is 0.721. The third kappa shape index (κ3) is 4.71. The Bertz CT molecular complexity index is 492. The van der Waals surface area contributed by atoms with Crippen molar-refractivity contribution in [3.05, 3.63) is 11.8 Å². The lowest BCUT2D eigenvalue weighted by Gasteiger charge is -2.14. The number of carboxylic acids is 1.